The van der Waals surface area contributed by atoms with Gasteiger partial charge < -0.3 is 100.0 Å². The van der Waals surface area contributed by atoms with Crippen molar-refractivity contribution in [3.8, 4) is 5.75 Å². The Balaban J connectivity index is 0.00000295. The van der Waals surface area contributed by atoms with Gasteiger partial charge in [0.25, 0.3) is 5.97 Å². The molecule has 32 nitrogen and oxygen atoms in total. The number of aliphatic imine (C=N–C) groups is 1. The number of aliphatic hydroxyl groups is 1. The number of likely N-dealkylation sites (tertiary alicyclic amines) is 1. The maximum atomic E-state index is 15.0. The maximum absolute atomic E-state index is 15.0. The molecule has 0 bridgehead atoms. The number of H-pyrrole nitrogens is 3. The lowest BCUT2D eigenvalue weighted by Gasteiger charge is -2.31. The minimum Gasteiger partial charge on any atom is -0.508 e. The summed E-state index contributed by atoms with van der Waals surface area (Å²) in [6, 6.07) is 8.40. The minimum absolute atomic E-state index is 0. The Kier molecular flexibility index (Phi) is 28.6. The summed E-state index contributed by atoms with van der Waals surface area (Å²) in [6.07, 6.45) is 6.96. The lowest BCUT2D eigenvalue weighted by molar-refractivity contribution is -0.142. The van der Waals surface area contributed by atoms with E-state index in [-0.39, 0.29) is 99.2 Å². The zero-order valence-corrected chi connectivity index (χ0v) is 54.9. The smallest absolute Gasteiger partial charge is 0.300 e. The normalized spacial score (nSPS) is 16.2. The number of carboxylic acid groups (broad SMARTS) is 1. The molecule has 0 aliphatic carbocycles. The number of guanidine groups is 1. The van der Waals surface area contributed by atoms with Crippen LogP contribution < -0.4 is 59.3 Å². The Morgan fingerprint density at radius 1 is 0.663 bits per heavy atom. The van der Waals surface area contributed by atoms with E-state index in [2.05, 4.69) is 72.8 Å². The number of phenolic OH excluding ortho intramolecular Hbond substituents is 1. The van der Waals surface area contributed by atoms with Gasteiger partial charge in [0.2, 0.25) is 59.1 Å². The van der Waals surface area contributed by atoms with Crippen molar-refractivity contribution in [3.63, 3.8) is 0 Å². The van der Waals surface area contributed by atoms with Gasteiger partial charge in [-0.05, 0) is 92.3 Å². The molecule has 528 valence electrons. The molecular weight excluding hydrogens is 1270 g/mol. The number of nitrogens with one attached hydrogen (secondary N) is 12. The number of fused-ring (bicyclic) bond motifs is 2. The number of likely N-dealkylation sites (N-methyl/N-ethyl adjacent to an activating group) is 1. The molecule has 98 heavy (non-hydrogen) atoms. The van der Waals surface area contributed by atoms with E-state index in [1.807, 2.05) is 44.2 Å². The Hall–Kier alpha value is -10.9. The number of aliphatic hydroxyl groups excluding tert-OH is 1. The monoisotopic (exact) mass is 1360 g/mol. The second-order valence-electron chi connectivity index (χ2n) is 24.2. The predicted molar refractivity (Wildman–Crippen MR) is 360 cm³/mol. The number of aromatic hydroxyl groups is 1. The molecule has 3 aromatic heterocycles. The summed E-state index contributed by atoms with van der Waals surface area (Å²) >= 11 is 0. The summed E-state index contributed by atoms with van der Waals surface area (Å²) in [6.45, 7) is 6.25. The first-order chi connectivity index (χ1) is 46.4. The van der Waals surface area contributed by atoms with Crippen LogP contribution in [0.25, 0.3) is 21.8 Å². The number of carbonyl (C=O) groups excluding carboxylic acids is 10. The number of rotatable bonds is 32. The molecule has 3 aromatic carbocycles. The van der Waals surface area contributed by atoms with Crippen molar-refractivity contribution < 1.29 is 73.5 Å². The van der Waals surface area contributed by atoms with E-state index < -0.39 is 114 Å². The second kappa shape index (κ2) is 36.8. The number of benzene rings is 3. The van der Waals surface area contributed by atoms with Gasteiger partial charge >= 0.3 is 0 Å². The molecule has 21 N–H and O–H groups in total. The van der Waals surface area contributed by atoms with Crippen LogP contribution in [0.15, 0.2) is 103 Å². The molecule has 2 aliphatic rings. The first kappa shape index (κ1) is 76.1. The zero-order chi connectivity index (χ0) is 70.3. The van der Waals surface area contributed by atoms with E-state index in [0.717, 1.165) is 17.8 Å². The predicted octanol–water partition coefficient (Wildman–Crippen LogP) is -1.49. The van der Waals surface area contributed by atoms with Crippen molar-refractivity contribution in [1.82, 2.24) is 72.7 Å². The van der Waals surface area contributed by atoms with Crippen molar-refractivity contribution >= 4 is 92.8 Å². The highest BCUT2D eigenvalue weighted by atomic mass is 16.4. The number of imidazole rings is 1. The van der Waals surface area contributed by atoms with Crippen LogP contribution in [0.3, 0.4) is 0 Å². The number of aliphatic carboxylic acids is 1. The van der Waals surface area contributed by atoms with E-state index in [0.29, 0.717) is 59.2 Å². The number of amides is 10. The fourth-order valence-corrected chi connectivity index (χ4v) is 11.5. The van der Waals surface area contributed by atoms with Crippen molar-refractivity contribution in [3.05, 3.63) is 120 Å². The number of hydrogen-bond acceptors (Lipinski definition) is 15. The first-order valence-corrected chi connectivity index (χ1v) is 32.1. The van der Waals surface area contributed by atoms with E-state index in [9.17, 15) is 53.4 Å². The lowest BCUT2D eigenvalue weighted by Crippen LogP contribution is -2.61. The van der Waals surface area contributed by atoms with Crippen LogP contribution in [-0.4, -0.2) is 197 Å². The van der Waals surface area contributed by atoms with Gasteiger partial charge in [0.05, 0.1) is 12.9 Å². The molecular formula is C66H89N17O15. The highest BCUT2D eigenvalue weighted by molar-refractivity contribution is 6.00. The van der Waals surface area contributed by atoms with E-state index in [1.54, 1.807) is 37.5 Å². The van der Waals surface area contributed by atoms with Gasteiger partial charge in [-0.25, -0.2) is 4.98 Å². The fraction of sp³-hybridized carbons (Fsp3) is 0.439. The number of carboxylic acids is 1. The second-order valence-corrected chi connectivity index (χ2v) is 24.2. The van der Waals surface area contributed by atoms with Gasteiger partial charge in [-0.2, -0.15) is 0 Å². The molecule has 5 heterocycles. The van der Waals surface area contributed by atoms with Gasteiger partial charge in [-0.3, -0.25) is 57.7 Å². The summed E-state index contributed by atoms with van der Waals surface area (Å²) in [5.41, 5.74) is 14.8. The van der Waals surface area contributed by atoms with E-state index >= 15 is 4.79 Å². The Bertz CT molecular complexity index is 3750. The van der Waals surface area contributed by atoms with Gasteiger partial charge in [-0.1, -0.05) is 62.4 Å². The first-order valence-electron chi connectivity index (χ1n) is 32.1. The standard InChI is InChI=1S/C64H83N17O12.C2H4O2.H2O/c1-4-68-62(92)53-16-10-24-81(53)63(93)51(25-35(2)3)79-58(88)48(27-37-30-70-43-13-7-5-11-41(37)43)76-55(85)45(15-9-23-69-64(65)66)74-57(87)47(26-36-17-19-40(83)20-18-36)75-61(91)52(33-82)80-59(89)49(28-38-31-71-44-14-8-6-12-42(38)44)77-60(90)50(29-39-32-67-34-72-39)78-56(86)46-21-22-54(84)73-46;1-2(3)4;/h5-8,11-14,17-20,30-32,34-35,45-53,70-71,82-83H,4,9-10,15-16,21-29,33H2,1-3H3,(H,67,72)(H,68,92)(H,73,84)(H,74,87)(H,75,91)(H,76,85)(H,77,90)(H,78,86)(H,79,88)(H,80,89)(H4,65,66,69);1H3,(H,3,4);1H2/t45-,46+,47+,48+,49+,50+,51+,52+,53+;;/m1../s1. The summed E-state index contributed by atoms with van der Waals surface area (Å²) in [5.74, 6) is -8.42. The van der Waals surface area contributed by atoms with E-state index in [4.69, 9.17) is 21.4 Å². The zero-order valence-electron chi connectivity index (χ0n) is 54.9. The number of nitrogens with zero attached hydrogens (tertiary/aromatic N) is 3. The molecule has 6 aromatic rings. The lowest BCUT2D eigenvalue weighted by atomic mass is 9.99. The summed E-state index contributed by atoms with van der Waals surface area (Å²) in [4.78, 5) is 169. The van der Waals surface area contributed by atoms with Crippen molar-refractivity contribution in [2.75, 3.05) is 26.2 Å². The third-order valence-electron chi connectivity index (χ3n) is 16.3. The average Bonchev–Trinajstić information content (AvgIpc) is 1.67. The third kappa shape index (κ3) is 22.1. The Labute approximate surface area is 564 Å². The largest absolute Gasteiger partial charge is 0.508 e. The van der Waals surface area contributed by atoms with Crippen LogP contribution in [0.4, 0.5) is 0 Å². The van der Waals surface area contributed by atoms with E-state index in [1.165, 1.54) is 41.7 Å². The number of hydrogen-bond donors (Lipinski definition) is 17. The third-order valence-corrected chi connectivity index (χ3v) is 16.3. The van der Waals surface area contributed by atoms with Crippen LogP contribution in [0.1, 0.15) is 95.0 Å². The summed E-state index contributed by atoms with van der Waals surface area (Å²) in [5, 5.41) is 54.4. The number of nitrogens with two attached hydrogens (primary N) is 2. The molecule has 10 amide bonds. The summed E-state index contributed by atoms with van der Waals surface area (Å²) in [7, 11) is 0. The number of aromatic amines is 3. The highest BCUT2D eigenvalue weighted by Gasteiger charge is 2.40. The SMILES string of the molecule is CC(=O)O.CCNC(=O)[C@@H]1CCCN1C(=O)[C@H](CC(C)C)NC(=O)[C@H](Cc1c[nH]c2ccccc12)NC(=O)[C@@H](CCCN=C(N)N)NC(=O)[C@H](Cc1ccc(O)cc1)NC(=O)[C@H](CO)NC(=O)[C@H](Cc1c[nH]c2ccccc12)NC(=O)[C@H](Cc1cnc[nH]1)NC(=O)[C@@H]1CCC(=O)N1.O. The number of para-hydroxylation sites is 2. The Morgan fingerprint density at radius 2 is 1.17 bits per heavy atom. The van der Waals surface area contributed by atoms with Crippen LogP contribution in [0.5, 0.6) is 5.75 Å². The maximum Gasteiger partial charge on any atom is 0.300 e. The molecule has 32 heteroatoms. The van der Waals surface area contributed by atoms with Gasteiger partial charge in [-0.15, -0.1) is 0 Å². The van der Waals surface area contributed by atoms with Gasteiger partial charge in [0.15, 0.2) is 5.96 Å². The Morgan fingerprint density at radius 3 is 1.68 bits per heavy atom. The van der Waals surface area contributed by atoms with Crippen molar-refractivity contribution in [2.24, 2.45) is 22.4 Å². The molecule has 0 saturated carbocycles. The van der Waals surface area contributed by atoms with Crippen molar-refractivity contribution in [2.45, 2.75) is 153 Å². The molecule has 0 unspecified atom stereocenters. The number of carbonyl (C=O) groups is 11. The average molecular weight is 1360 g/mol. The quantitative estimate of drug-likeness (QED) is 0.0130. The molecule has 0 radical (unpaired) electrons. The molecule has 2 saturated heterocycles. The van der Waals surface area contributed by atoms with Gasteiger partial charge in [0.1, 0.15) is 60.1 Å². The van der Waals surface area contributed by atoms with Crippen molar-refractivity contribution in [1.29, 1.82) is 0 Å². The highest BCUT2D eigenvalue weighted by Crippen LogP contribution is 2.24. The molecule has 2 aliphatic heterocycles. The molecule has 0 spiro atoms. The molecule has 2 fully saturated rings. The fourth-order valence-electron chi connectivity index (χ4n) is 11.5. The van der Waals surface area contributed by atoms with Gasteiger partial charge in [0, 0.05) is 105 Å². The van der Waals surface area contributed by atoms with Crippen LogP contribution in [0.2, 0.25) is 0 Å². The molecule has 9 atom stereocenters. The molecule has 8 rings (SSSR count). The number of aromatic nitrogens is 4. The minimum atomic E-state index is -1.79. The van der Waals surface area contributed by atoms with Crippen LogP contribution in [-0.2, 0) is 78.4 Å². The summed E-state index contributed by atoms with van der Waals surface area (Å²) < 4.78 is 0. The van der Waals surface area contributed by atoms with Crippen LogP contribution in [0, 0.1) is 5.92 Å². The number of phenols is 1. The topological polar surface area (TPSA) is 516 Å². The van der Waals surface area contributed by atoms with Crippen LogP contribution >= 0.6 is 0 Å².